The summed E-state index contributed by atoms with van der Waals surface area (Å²) in [5.41, 5.74) is -1.08. The fraction of sp³-hybridized carbons (Fsp3) is 0.667. The molecule has 1 unspecified atom stereocenters. The van der Waals surface area contributed by atoms with E-state index in [1.54, 1.807) is 0 Å². The van der Waals surface area contributed by atoms with E-state index in [0.717, 1.165) is 0 Å². The van der Waals surface area contributed by atoms with Gasteiger partial charge >= 0.3 is 5.97 Å². The van der Waals surface area contributed by atoms with Crippen LogP contribution in [0.3, 0.4) is 0 Å². The number of hydrogen-bond acceptors (Lipinski definition) is 4. The molecule has 0 aromatic heterocycles. The van der Waals surface area contributed by atoms with Crippen molar-refractivity contribution >= 4 is 17.5 Å². The minimum absolute atomic E-state index is 0.0197. The van der Waals surface area contributed by atoms with Crippen LogP contribution in [-0.4, -0.2) is 24.1 Å². The van der Waals surface area contributed by atoms with E-state index in [2.05, 4.69) is 4.74 Å². The molecule has 1 aliphatic rings. The third kappa shape index (κ3) is 1.76. The number of hydrogen-bond donors (Lipinski definition) is 0. The summed E-state index contributed by atoms with van der Waals surface area (Å²) in [6.07, 6.45) is 0.511. The highest BCUT2D eigenvalue weighted by Gasteiger charge is 2.47. The molecule has 1 rings (SSSR count). The Morgan fingerprint density at radius 3 is 2.54 bits per heavy atom. The number of rotatable bonds is 3. The summed E-state index contributed by atoms with van der Waals surface area (Å²) in [5.74, 6) is -0.744. The molecule has 4 heteroatoms. The van der Waals surface area contributed by atoms with Gasteiger partial charge in [0.15, 0.2) is 12.4 Å². The number of Topliss-reactive ketones (excluding diaryl/α,β-unsaturated/α-hetero) is 2. The van der Waals surface area contributed by atoms with E-state index in [9.17, 15) is 14.4 Å². The number of carbonyl (C=O) groups excluding carboxylic acids is 3. The van der Waals surface area contributed by atoms with Crippen LogP contribution in [0, 0.1) is 5.41 Å². The number of ether oxygens (including phenoxy) is 1. The molecule has 0 saturated carbocycles. The predicted octanol–water partition coefficient (Wildman–Crippen LogP) is 0.488. The Hall–Kier alpha value is -1.19. The van der Waals surface area contributed by atoms with Gasteiger partial charge in [-0.05, 0) is 20.3 Å². The molecule has 0 aromatic carbocycles. The second-order valence-corrected chi connectivity index (χ2v) is 3.53. The lowest BCUT2D eigenvalue weighted by Gasteiger charge is -2.15. The highest BCUT2D eigenvalue weighted by Crippen LogP contribution is 2.31. The van der Waals surface area contributed by atoms with E-state index >= 15 is 0 Å². The molecule has 0 amide bonds. The smallest absolute Gasteiger partial charge is 0.319 e. The van der Waals surface area contributed by atoms with Crippen molar-refractivity contribution in [1.29, 1.82) is 0 Å². The molecule has 0 aliphatic carbocycles. The summed E-state index contributed by atoms with van der Waals surface area (Å²) < 4.78 is 4.61. The molecule has 0 N–H and O–H groups in total. The average Bonchev–Trinajstić information content (AvgIpc) is 2.31. The highest BCUT2D eigenvalue weighted by atomic mass is 16.5. The molecule has 0 radical (unpaired) electrons. The van der Waals surface area contributed by atoms with Crippen LogP contribution in [0.2, 0.25) is 0 Å². The molecule has 1 saturated heterocycles. The van der Waals surface area contributed by atoms with Gasteiger partial charge in [0.1, 0.15) is 11.2 Å². The molecule has 1 heterocycles. The van der Waals surface area contributed by atoms with E-state index in [0.29, 0.717) is 0 Å². The van der Waals surface area contributed by atoms with Gasteiger partial charge < -0.3 is 9.53 Å². The first kappa shape index (κ1) is 9.89. The van der Waals surface area contributed by atoms with Crippen molar-refractivity contribution in [2.24, 2.45) is 5.41 Å². The lowest BCUT2D eigenvalue weighted by Crippen LogP contribution is -2.30. The number of cyclic esters (lactones) is 1. The van der Waals surface area contributed by atoms with Crippen molar-refractivity contribution in [3.8, 4) is 0 Å². The summed E-state index contributed by atoms with van der Waals surface area (Å²) in [6, 6.07) is 0. The van der Waals surface area contributed by atoms with Gasteiger partial charge in [0.25, 0.3) is 0 Å². The van der Waals surface area contributed by atoms with Crippen molar-refractivity contribution in [1.82, 2.24) is 0 Å². The van der Waals surface area contributed by atoms with Crippen molar-refractivity contribution in [3.63, 3.8) is 0 Å². The number of ketones is 2. The van der Waals surface area contributed by atoms with Gasteiger partial charge in [-0.3, -0.25) is 9.59 Å². The number of carbonyl (C=O) groups is 3. The van der Waals surface area contributed by atoms with Gasteiger partial charge in [-0.2, -0.15) is 0 Å². The fourth-order valence-electron chi connectivity index (χ4n) is 1.23. The van der Waals surface area contributed by atoms with Crippen LogP contribution in [0.1, 0.15) is 26.7 Å². The van der Waals surface area contributed by atoms with Gasteiger partial charge in [0.2, 0.25) is 0 Å². The lowest BCUT2D eigenvalue weighted by atomic mass is 9.82. The molecule has 13 heavy (non-hydrogen) atoms. The maximum atomic E-state index is 11.3. The van der Waals surface area contributed by atoms with Crippen molar-refractivity contribution in [2.75, 3.05) is 6.61 Å². The molecule has 1 atom stereocenters. The second-order valence-electron chi connectivity index (χ2n) is 3.53. The molecule has 72 valence electrons. The van der Waals surface area contributed by atoms with E-state index in [1.165, 1.54) is 13.8 Å². The van der Waals surface area contributed by atoms with Crippen LogP contribution < -0.4 is 0 Å². The third-order valence-electron chi connectivity index (χ3n) is 2.38. The van der Waals surface area contributed by atoms with Gasteiger partial charge in [-0.15, -0.1) is 0 Å². The molecule has 0 aromatic rings. The third-order valence-corrected chi connectivity index (χ3v) is 2.38. The second kappa shape index (κ2) is 3.28. The lowest BCUT2D eigenvalue weighted by molar-refractivity contribution is -0.146. The Morgan fingerprint density at radius 2 is 2.15 bits per heavy atom. The first-order valence-electron chi connectivity index (χ1n) is 4.17. The SMILES string of the molecule is CC(=O)CCC1(C)C(=O)COC1=O. The number of esters is 1. The van der Waals surface area contributed by atoms with E-state index in [-0.39, 0.29) is 31.0 Å². The van der Waals surface area contributed by atoms with E-state index in [1.807, 2.05) is 0 Å². The Labute approximate surface area is 76.3 Å². The monoisotopic (exact) mass is 184 g/mol. The topological polar surface area (TPSA) is 60.4 Å². The van der Waals surface area contributed by atoms with Crippen molar-refractivity contribution in [2.45, 2.75) is 26.7 Å². The predicted molar refractivity (Wildman–Crippen MR) is 44.0 cm³/mol. The molecule has 0 bridgehead atoms. The van der Waals surface area contributed by atoms with Crippen LogP contribution >= 0.6 is 0 Å². The maximum absolute atomic E-state index is 11.3. The van der Waals surface area contributed by atoms with Crippen LogP contribution in [0.4, 0.5) is 0 Å². The quantitative estimate of drug-likeness (QED) is 0.473. The summed E-state index contributed by atoms with van der Waals surface area (Å²) >= 11 is 0. The summed E-state index contributed by atoms with van der Waals surface area (Å²) in [7, 11) is 0. The van der Waals surface area contributed by atoms with Gasteiger partial charge in [0.05, 0.1) is 0 Å². The standard InChI is InChI=1S/C9H12O4/c1-6(10)3-4-9(2)7(11)5-13-8(9)12/h3-5H2,1-2H3. The zero-order chi connectivity index (χ0) is 10.1. The average molecular weight is 184 g/mol. The fourth-order valence-corrected chi connectivity index (χ4v) is 1.23. The minimum atomic E-state index is -1.08. The van der Waals surface area contributed by atoms with Gasteiger partial charge in [-0.1, -0.05) is 0 Å². The van der Waals surface area contributed by atoms with E-state index in [4.69, 9.17) is 0 Å². The van der Waals surface area contributed by atoms with Crippen molar-refractivity contribution in [3.05, 3.63) is 0 Å². The molecular weight excluding hydrogens is 172 g/mol. The molecule has 4 nitrogen and oxygen atoms in total. The van der Waals surface area contributed by atoms with Crippen LogP contribution in [0.15, 0.2) is 0 Å². The normalized spacial score (nSPS) is 27.5. The van der Waals surface area contributed by atoms with Crippen LogP contribution in [0.5, 0.6) is 0 Å². The summed E-state index contributed by atoms with van der Waals surface area (Å²) in [5, 5.41) is 0. The molecule has 1 aliphatic heterocycles. The molecular formula is C9H12O4. The first-order chi connectivity index (χ1) is 5.97. The maximum Gasteiger partial charge on any atom is 0.319 e. The van der Waals surface area contributed by atoms with Gasteiger partial charge in [-0.25, -0.2) is 0 Å². The minimum Gasteiger partial charge on any atom is -0.457 e. The summed E-state index contributed by atoms with van der Waals surface area (Å²) in [6.45, 7) is 2.83. The van der Waals surface area contributed by atoms with Crippen molar-refractivity contribution < 1.29 is 19.1 Å². The Kier molecular flexibility index (Phi) is 2.50. The van der Waals surface area contributed by atoms with E-state index < -0.39 is 11.4 Å². The molecule has 1 fully saturated rings. The molecule has 0 spiro atoms. The Morgan fingerprint density at radius 1 is 1.54 bits per heavy atom. The Balaban J connectivity index is 2.68. The summed E-state index contributed by atoms with van der Waals surface area (Å²) in [4.78, 5) is 33.1. The first-order valence-corrected chi connectivity index (χ1v) is 4.17. The van der Waals surface area contributed by atoms with Crippen LogP contribution in [0.25, 0.3) is 0 Å². The Bertz CT molecular complexity index is 251. The van der Waals surface area contributed by atoms with Gasteiger partial charge in [0, 0.05) is 6.42 Å². The largest absolute Gasteiger partial charge is 0.457 e. The zero-order valence-electron chi connectivity index (χ0n) is 7.75. The highest BCUT2D eigenvalue weighted by molar-refractivity contribution is 6.08. The zero-order valence-corrected chi connectivity index (χ0v) is 7.75. The van der Waals surface area contributed by atoms with Crippen LogP contribution in [-0.2, 0) is 19.1 Å².